The molecule has 186 valence electrons. The summed E-state index contributed by atoms with van der Waals surface area (Å²) in [4.78, 5) is 39.4. The van der Waals surface area contributed by atoms with Crippen molar-refractivity contribution in [1.82, 2.24) is 19.9 Å². The Bertz CT molecular complexity index is 1820. The fourth-order valence-electron chi connectivity index (χ4n) is 4.53. The molecular weight excluding hydrogens is 480 g/mol. The van der Waals surface area contributed by atoms with E-state index in [0.29, 0.717) is 13.2 Å². The van der Waals surface area contributed by atoms with E-state index in [0.717, 1.165) is 54.7 Å². The Hall–Kier alpha value is -5.16. The number of hydrogen-bond donors (Lipinski definition) is 2. The number of hydrogen-bond acceptors (Lipinski definition) is 6. The normalized spacial score (nSPS) is 11.1. The number of nitrogens with zero attached hydrogens (tertiary/aromatic N) is 2. The molecule has 0 bridgehead atoms. The van der Waals surface area contributed by atoms with Crippen LogP contribution >= 0.6 is 0 Å². The molecular formula is C30H22N4O4. The van der Waals surface area contributed by atoms with Crippen molar-refractivity contribution in [2.24, 2.45) is 0 Å². The van der Waals surface area contributed by atoms with Crippen LogP contribution in [-0.4, -0.2) is 45.1 Å². The van der Waals surface area contributed by atoms with Crippen LogP contribution in [0.15, 0.2) is 60.9 Å². The summed E-state index contributed by atoms with van der Waals surface area (Å²) in [6, 6.07) is 15.3. The molecule has 0 unspecified atom stereocenters. The lowest BCUT2D eigenvalue weighted by Gasteiger charge is -2.01. The fourth-order valence-corrected chi connectivity index (χ4v) is 4.53. The third-order valence-corrected chi connectivity index (χ3v) is 6.29. The minimum atomic E-state index is -0.447. The van der Waals surface area contributed by atoms with Gasteiger partial charge < -0.3 is 19.4 Å². The summed E-state index contributed by atoms with van der Waals surface area (Å²) >= 11 is 0. The number of rotatable bonds is 4. The van der Waals surface area contributed by atoms with Gasteiger partial charge in [-0.25, -0.2) is 19.6 Å². The molecule has 2 N–H and O–H groups in total. The Balaban J connectivity index is 1.37. The summed E-state index contributed by atoms with van der Waals surface area (Å²) in [5.74, 6) is 5.60. The van der Waals surface area contributed by atoms with Gasteiger partial charge in [-0.1, -0.05) is 11.8 Å². The van der Waals surface area contributed by atoms with Crippen LogP contribution in [0.4, 0.5) is 0 Å². The smallest absolute Gasteiger partial charge is 0.356 e. The van der Waals surface area contributed by atoms with Gasteiger partial charge in [0.05, 0.1) is 36.6 Å². The number of esters is 2. The monoisotopic (exact) mass is 502 g/mol. The van der Waals surface area contributed by atoms with Crippen molar-refractivity contribution < 1.29 is 19.1 Å². The van der Waals surface area contributed by atoms with Crippen molar-refractivity contribution in [1.29, 1.82) is 0 Å². The molecule has 4 heterocycles. The minimum Gasteiger partial charge on any atom is -0.461 e. The number of ether oxygens (including phenoxy) is 2. The fraction of sp³-hybridized carbons (Fsp3) is 0.133. The average Bonchev–Trinajstić information content (AvgIpc) is 3.48. The van der Waals surface area contributed by atoms with E-state index in [4.69, 9.17) is 9.47 Å². The first kappa shape index (κ1) is 23.3. The standard InChI is InChI=1S/C30H22N4O4/c1-3-37-29(35)25-13-21-19-11-17(7-9-23(19)33-27(21)15-31-25)5-6-18-8-10-24-20(12-18)22-14-26(30(36)38-4-2)32-16-28(22)34-24/h7-16,33-34H,3-4H2,1-2H3. The number of fused-ring (bicyclic) bond motifs is 6. The molecule has 8 nitrogen and oxygen atoms in total. The zero-order chi connectivity index (χ0) is 26.2. The van der Waals surface area contributed by atoms with Gasteiger partial charge in [-0.2, -0.15) is 0 Å². The van der Waals surface area contributed by atoms with Crippen LogP contribution in [0.5, 0.6) is 0 Å². The number of carbonyl (C=O) groups excluding carboxylic acids is 2. The molecule has 0 fully saturated rings. The third kappa shape index (κ3) is 4.10. The van der Waals surface area contributed by atoms with Gasteiger partial charge in [0, 0.05) is 43.7 Å². The minimum absolute atomic E-state index is 0.269. The van der Waals surface area contributed by atoms with Crippen molar-refractivity contribution in [2.75, 3.05) is 13.2 Å². The maximum absolute atomic E-state index is 12.2. The molecule has 0 amide bonds. The Kier molecular flexibility index (Phi) is 5.74. The zero-order valence-electron chi connectivity index (χ0n) is 20.7. The van der Waals surface area contributed by atoms with Gasteiger partial charge in [-0.05, 0) is 62.4 Å². The highest BCUT2D eigenvalue weighted by atomic mass is 16.5. The summed E-state index contributed by atoms with van der Waals surface area (Å²) in [5.41, 5.74) is 5.73. The molecule has 0 aliphatic carbocycles. The Labute approximate surface area is 217 Å². The van der Waals surface area contributed by atoms with Crippen molar-refractivity contribution >= 4 is 55.6 Å². The molecule has 0 saturated carbocycles. The number of benzene rings is 2. The van der Waals surface area contributed by atoms with E-state index >= 15 is 0 Å². The maximum atomic E-state index is 12.2. The van der Waals surface area contributed by atoms with E-state index in [9.17, 15) is 9.59 Å². The van der Waals surface area contributed by atoms with Crippen molar-refractivity contribution in [3.8, 4) is 11.8 Å². The highest BCUT2D eigenvalue weighted by molar-refractivity contribution is 6.10. The molecule has 6 aromatic rings. The second kappa shape index (κ2) is 9.37. The second-order valence-corrected chi connectivity index (χ2v) is 8.69. The van der Waals surface area contributed by atoms with Gasteiger partial charge in [0.2, 0.25) is 0 Å². The lowest BCUT2D eigenvalue weighted by atomic mass is 10.1. The van der Waals surface area contributed by atoms with E-state index in [1.165, 1.54) is 0 Å². The molecule has 0 radical (unpaired) electrons. The van der Waals surface area contributed by atoms with Gasteiger partial charge in [-0.3, -0.25) is 0 Å². The maximum Gasteiger partial charge on any atom is 0.356 e. The van der Waals surface area contributed by atoms with Crippen LogP contribution in [0.25, 0.3) is 43.6 Å². The second-order valence-electron chi connectivity index (χ2n) is 8.69. The lowest BCUT2D eigenvalue weighted by molar-refractivity contribution is 0.0510. The number of aromatic amines is 2. The quantitative estimate of drug-likeness (QED) is 0.243. The van der Waals surface area contributed by atoms with Crippen LogP contribution < -0.4 is 0 Å². The number of nitrogens with one attached hydrogen (secondary N) is 2. The number of pyridine rings is 2. The van der Waals surface area contributed by atoms with E-state index in [-0.39, 0.29) is 11.4 Å². The van der Waals surface area contributed by atoms with Gasteiger partial charge in [0.1, 0.15) is 11.4 Å². The first-order valence-electron chi connectivity index (χ1n) is 12.2. The van der Waals surface area contributed by atoms with Crippen LogP contribution in [0.2, 0.25) is 0 Å². The molecule has 0 aliphatic heterocycles. The first-order chi connectivity index (χ1) is 18.5. The third-order valence-electron chi connectivity index (χ3n) is 6.29. The SMILES string of the molecule is CCOC(=O)c1cc2c(cn1)[nH]c1ccc(C#Cc3ccc4[nH]c5cnc(C(=O)OCC)cc5c4c3)cc12. The first-order valence-corrected chi connectivity index (χ1v) is 12.2. The van der Waals surface area contributed by atoms with Gasteiger partial charge in [-0.15, -0.1) is 0 Å². The number of carbonyl (C=O) groups is 2. The molecule has 0 spiro atoms. The predicted molar refractivity (Wildman–Crippen MR) is 145 cm³/mol. The number of H-pyrrole nitrogens is 2. The average molecular weight is 503 g/mol. The summed E-state index contributed by atoms with van der Waals surface area (Å²) in [5, 5.41) is 3.66. The van der Waals surface area contributed by atoms with E-state index in [2.05, 4.69) is 31.8 Å². The summed E-state index contributed by atoms with van der Waals surface area (Å²) in [6.07, 6.45) is 3.29. The molecule has 38 heavy (non-hydrogen) atoms. The van der Waals surface area contributed by atoms with Crippen molar-refractivity contribution in [3.05, 3.63) is 83.4 Å². The summed E-state index contributed by atoms with van der Waals surface area (Å²) in [7, 11) is 0. The Morgan fingerprint density at radius 3 is 1.50 bits per heavy atom. The lowest BCUT2D eigenvalue weighted by Crippen LogP contribution is -2.06. The molecule has 6 rings (SSSR count). The van der Waals surface area contributed by atoms with Crippen LogP contribution in [-0.2, 0) is 9.47 Å². The molecule has 2 aromatic carbocycles. The highest BCUT2D eigenvalue weighted by Crippen LogP contribution is 2.28. The van der Waals surface area contributed by atoms with Crippen LogP contribution in [0.3, 0.4) is 0 Å². The zero-order valence-corrected chi connectivity index (χ0v) is 20.7. The Morgan fingerprint density at radius 2 is 1.08 bits per heavy atom. The van der Waals surface area contributed by atoms with Gasteiger partial charge in [0.15, 0.2) is 0 Å². The summed E-state index contributed by atoms with van der Waals surface area (Å²) < 4.78 is 10.2. The van der Waals surface area contributed by atoms with Crippen molar-refractivity contribution in [2.45, 2.75) is 13.8 Å². The van der Waals surface area contributed by atoms with Gasteiger partial charge >= 0.3 is 11.9 Å². The van der Waals surface area contributed by atoms with Gasteiger partial charge in [0.25, 0.3) is 0 Å². The molecule has 0 atom stereocenters. The highest BCUT2D eigenvalue weighted by Gasteiger charge is 2.13. The molecule has 0 saturated heterocycles. The molecule has 8 heteroatoms. The topological polar surface area (TPSA) is 110 Å². The Morgan fingerprint density at radius 1 is 0.658 bits per heavy atom. The molecule has 4 aromatic heterocycles. The van der Waals surface area contributed by atoms with Crippen LogP contribution in [0, 0.1) is 11.8 Å². The predicted octanol–water partition coefficient (Wildman–Crippen LogP) is 5.50. The summed E-state index contributed by atoms with van der Waals surface area (Å²) in [6.45, 7) is 4.11. The molecule has 0 aliphatic rings. The van der Waals surface area contributed by atoms with E-state index in [1.54, 1.807) is 38.4 Å². The largest absolute Gasteiger partial charge is 0.461 e. The van der Waals surface area contributed by atoms with E-state index < -0.39 is 11.9 Å². The van der Waals surface area contributed by atoms with Crippen LogP contribution in [0.1, 0.15) is 46.0 Å². The number of aromatic nitrogens is 4. The van der Waals surface area contributed by atoms with Crippen molar-refractivity contribution in [3.63, 3.8) is 0 Å². The van der Waals surface area contributed by atoms with E-state index in [1.807, 2.05) is 36.4 Å².